The van der Waals surface area contributed by atoms with Crippen molar-refractivity contribution in [3.8, 4) is 0 Å². The summed E-state index contributed by atoms with van der Waals surface area (Å²) in [5, 5.41) is 17.9. The van der Waals surface area contributed by atoms with Crippen LogP contribution in [0.25, 0.3) is 0 Å². The Morgan fingerprint density at radius 1 is 1.67 bits per heavy atom. The molecule has 0 rings (SSSR count). The van der Waals surface area contributed by atoms with E-state index >= 15 is 0 Å². The van der Waals surface area contributed by atoms with E-state index < -0.39 is 17.7 Å². The number of rotatable bonds is 5. The van der Waals surface area contributed by atoms with Gasteiger partial charge in [-0.05, 0) is 20.3 Å². The van der Waals surface area contributed by atoms with Crippen LogP contribution in [0.3, 0.4) is 0 Å². The number of carboxylic acid groups (broad SMARTS) is 1. The first-order chi connectivity index (χ1) is 5.39. The molecule has 4 nitrogen and oxygen atoms in total. The molecule has 0 fully saturated rings. The van der Waals surface area contributed by atoms with Gasteiger partial charge in [-0.2, -0.15) is 0 Å². The number of hydrogen-bond acceptors (Lipinski definition) is 3. The van der Waals surface area contributed by atoms with Gasteiger partial charge in [0.25, 0.3) is 0 Å². The molecule has 0 spiro atoms. The molecular weight excluding hydrogens is 160 g/mol. The molecule has 2 unspecified atom stereocenters. The van der Waals surface area contributed by atoms with Gasteiger partial charge >= 0.3 is 5.97 Å². The van der Waals surface area contributed by atoms with Crippen LogP contribution in [-0.4, -0.2) is 34.5 Å². The zero-order chi connectivity index (χ0) is 9.78. The molecule has 12 heavy (non-hydrogen) atoms. The van der Waals surface area contributed by atoms with E-state index in [9.17, 15) is 9.90 Å². The highest BCUT2D eigenvalue weighted by Gasteiger charge is 2.21. The zero-order valence-corrected chi connectivity index (χ0v) is 7.70. The average molecular weight is 176 g/mol. The van der Waals surface area contributed by atoms with Crippen molar-refractivity contribution >= 4 is 5.97 Å². The minimum absolute atomic E-state index is 0.0525. The van der Waals surface area contributed by atoms with Gasteiger partial charge in [-0.1, -0.05) is 6.92 Å². The van der Waals surface area contributed by atoms with Crippen LogP contribution >= 0.6 is 0 Å². The third-order valence-corrected chi connectivity index (χ3v) is 1.75. The van der Waals surface area contributed by atoms with Crippen molar-refractivity contribution in [3.63, 3.8) is 0 Å². The van der Waals surface area contributed by atoms with Crippen LogP contribution in [0.1, 0.15) is 27.2 Å². The van der Waals surface area contributed by atoms with E-state index in [1.807, 2.05) is 6.92 Å². The second kappa shape index (κ2) is 4.42. The van der Waals surface area contributed by atoms with Crippen LogP contribution in [0.2, 0.25) is 0 Å². The fraction of sp³-hybridized carbons (Fsp3) is 0.875. The number of aliphatic carboxylic acids is 1. The lowest BCUT2D eigenvalue weighted by Crippen LogP contribution is -2.33. The summed E-state index contributed by atoms with van der Waals surface area (Å²) in [6.45, 7) is 4.92. The van der Waals surface area contributed by atoms with Gasteiger partial charge in [-0.25, -0.2) is 4.79 Å². The van der Waals surface area contributed by atoms with E-state index in [1.54, 1.807) is 6.92 Å². The van der Waals surface area contributed by atoms with Gasteiger partial charge in [0, 0.05) is 0 Å². The van der Waals surface area contributed by atoms with Gasteiger partial charge < -0.3 is 14.9 Å². The Morgan fingerprint density at radius 2 is 2.17 bits per heavy atom. The molecular formula is C8H16O4. The lowest BCUT2D eigenvalue weighted by atomic mass is 10.1. The highest BCUT2D eigenvalue weighted by atomic mass is 16.5. The summed E-state index contributed by atoms with van der Waals surface area (Å²) in [6, 6.07) is 0. The third-order valence-electron chi connectivity index (χ3n) is 1.75. The highest BCUT2D eigenvalue weighted by molar-refractivity contribution is 5.71. The van der Waals surface area contributed by atoms with Crippen LogP contribution in [0.15, 0.2) is 0 Å². The molecule has 0 saturated heterocycles. The number of aliphatic hydroxyl groups is 1. The predicted octanol–water partition coefficient (Wildman–Crippen LogP) is 0.637. The molecule has 0 aliphatic heterocycles. The quantitative estimate of drug-likeness (QED) is 0.645. The molecule has 0 aliphatic rings. The predicted molar refractivity (Wildman–Crippen MR) is 44.0 cm³/mol. The number of ether oxygens (including phenoxy) is 1. The van der Waals surface area contributed by atoms with Gasteiger partial charge in [0.1, 0.15) is 0 Å². The Morgan fingerprint density at radius 3 is 2.50 bits per heavy atom. The first-order valence-electron chi connectivity index (χ1n) is 3.96. The Kier molecular flexibility index (Phi) is 4.20. The molecule has 0 bridgehead atoms. The maximum atomic E-state index is 10.3. The van der Waals surface area contributed by atoms with E-state index in [1.165, 1.54) is 6.92 Å². The molecule has 0 aliphatic carbocycles. The Balaban J connectivity index is 3.75. The Labute approximate surface area is 72.2 Å². The van der Waals surface area contributed by atoms with Crippen LogP contribution in [0.4, 0.5) is 0 Å². The topological polar surface area (TPSA) is 66.8 Å². The monoisotopic (exact) mass is 176 g/mol. The van der Waals surface area contributed by atoms with Gasteiger partial charge in [0.15, 0.2) is 6.10 Å². The molecule has 0 radical (unpaired) electrons. The Hall–Kier alpha value is -0.610. The number of hydrogen-bond donors (Lipinski definition) is 2. The summed E-state index contributed by atoms with van der Waals surface area (Å²) in [7, 11) is 0. The SMILES string of the molecule is CCC(C)(O)COC(C)C(=O)O. The second-order valence-corrected chi connectivity index (χ2v) is 3.14. The van der Waals surface area contributed by atoms with Crippen molar-refractivity contribution in [1.29, 1.82) is 0 Å². The third kappa shape index (κ3) is 4.31. The standard InChI is InChI=1S/C8H16O4/c1-4-8(3,11)5-12-6(2)7(9)10/h6,11H,4-5H2,1-3H3,(H,9,10). The normalized spacial score (nSPS) is 18.3. The lowest BCUT2D eigenvalue weighted by Gasteiger charge is -2.22. The van der Waals surface area contributed by atoms with Gasteiger partial charge in [-0.15, -0.1) is 0 Å². The smallest absolute Gasteiger partial charge is 0.332 e. The molecule has 0 heterocycles. The highest BCUT2D eigenvalue weighted by Crippen LogP contribution is 2.09. The molecule has 72 valence electrons. The summed E-state index contributed by atoms with van der Waals surface area (Å²) in [5.41, 5.74) is -0.927. The lowest BCUT2D eigenvalue weighted by molar-refractivity contribution is -0.153. The average Bonchev–Trinajstić information content (AvgIpc) is 2.00. The fourth-order valence-corrected chi connectivity index (χ4v) is 0.478. The second-order valence-electron chi connectivity index (χ2n) is 3.14. The molecule has 0 amide bonds. The maximum absolute atomic E-state index is 10.3. The molecule has 0 saturated carbocycles. The molecule has 2 atom stereocenters. The minimum Gasteiger partial charge on any atom is -0.479 e. The minimum atomic E-state index is -1.01. The van der Waals surface area contributed by atoms with Crippen LogP contribution in [0.5, 0.6) is 0 Å². The van der Waals surface area contributed by atoms with Crippen molar-refractivity contribution < 1.29 is 19.7 Å². The summed E-state index contributed by atoms with van der Waals surface area (Å²) in [5.74, 6) is -1.01. The summed E-state index contributed by atoms with van der Waals surface area (Å²) in [6.07, 6.45) is -0.317. The Bertz CT molecular complexity index is 153. The van der Waals surface area contributed by atoms with Crippen molar-refractivity contribution in [2.45, 2.75) is 38.9 Å². The van der Waals surface area contributed by atoms with Gasteiger partial charge in [0.05, 0.1) is 12.2 Å². The molecule has 0 aromatic carbocycles. The first kappa shape index (κ1) is 11.4. The largest absolute Gasteiger partial charge is 0.479 e. The first-order valence-corrected chi connectivity index (χ1v) is 3.96. The van der Waals surface area contributed by atoms with E-state index in [-0.39, 0.29) is 6.61 Å². The molecule has 2 N–H and O–H groups in total. The van der Waals surface area contributed by atoms with E-state index in [0.717, 1.165) is 0 Å². The zero-order valence-electron chi connectivity index (χ0n) is 7.70. The van der Waals surface area contributed by atoms with Crippen LogP contribution in [-0.2, 0) is 9.53 Å². The van der Waals surface area contributed by atoms with E-state index in [4.69, 9.17) is 9.84 Å². The maximum Gasteiger partial charge on any atom is 0.332 e. The molecule has 0 aromatic rings. The van der Waals surface area contributed by atoms with Crippen molar-refractivity contribution in [1.82, 2.24) is 0 Å². The van der Waals surface area contributed by atoms with Crippen molar-refractivity contribution in [3.05, 3.63) is 0 Å². The van der Waals surface area contributed by atoms with Crippen LogP contribution < -0.4 is 0 Å². The van der Waals surface area contributed by atoms with Crippen LogP contribution in [0, 0.1) is 0 Å². The number of carbonyl (C=O) groups is 1. The summed E-state index contributed by atoms with van der Waals surface area (Å²) in [4.78, 5) is 10.3. The fourth-order valence-electron chi connectivity index (χ4n) is 0.478. The molecule has 0 aromatic heterocycles. The van der Waals surface area contributed by atoms with Gasteiger partial charge in [-0.3, -0.25) is 0 Å². The summed E-state index contributed by atoms with van der Waals surface area (Å²) < 4.78 is 4.91. The van der Waals surface area contributed by atoms with E-state index in [0.29, 0.717) is 6.42 Å². The van der Waals surface area contributed by atoms with Crippen molar-refractivity contribution in [2.24, 2.45) is 0 Å². The molecule has 4 heteroatoms. The summed E-state index contributed by atoms with van der Waals surface area (Å²) >= 11 is 0. The van der Waals surface area contributed by atoms with E-state index in [2.05, 4.69) is 0 Å². The number of carboxylic acids is 1. The van der Waals surface area contributed by atoms with Crippen molar-refractivity contribution in [2.75, 3.05) is 6.61 Å². The van der Waals surface area contributed by atoms with Gasteiger partial charge in [0.2, 0.25) is 0 Å².